The molecule has 35 heavy (non-hydrogen) atoms. The second-order valence-electron chi connectivity index (χ2n) is 9.53. The van der Waals surface area contributed by atoms with Gasteiger partial charge < -0.3 is 4.90 Å². The summed E-state index contributed by atoms with van der Waals surface area (Å²) in [5.74, 6) is 0. The van der Waals surface area contributed by atoms with Gasteiger partial charge in [0.05, 0.1) is 35.1 Å². The highest BCUT2D eigenvalue weighted by molar-refractivity contribution is 7.99. The van der Waals surface area contributed by atoms with Crippen LogP contribution in [0.5, 0.6) is 0 Å². The predicted molar refractivity (Wildman–Crippen MR) is 134 cm³/mol. The second kappa shape index (κ2) is 8.57. The lowest BCUT2D eigenvalue weighted by Gasteiger charge is -2.36. The van der Waals surface area contributed by atoms with E-state index in [2.05, 4.69) is 46.9 Å². The summed E-state index contributed by atoms with van der Waals surface area (Å²) in [6.07, 6.45) is 10.4. The Morgan fingerprint density at radius 3 is 2.43 bits per heavy atom. The van der Waals surface area contributed by atoms with Crippen LogP contribution in [0.4, 0.5) is 0 Å². The Kier molecular flexibility index (Phi) is 5.36. The third-order valence-electron chi connectivity index (χ3n) is 7.70. The lowest BCUT2D eigenvalue weighted by molar-refractivity contribution is 0.130. The quantitative estimate of drug-likeness (QED) is 0.400. The van der Waals surface area contributed by atoms with Crippen LogP contribution >= 0.6 is 11.8 Å². The first-order chi connectivity index (χ1) is 17.1. The second-order valence-corrected chi connectivity index (χ2v) is 10.6. The Labute approximate surface area is 208 Å². The van der Waals surface area contributed by atoms with Gasteiger partial charge in [-0.15, -0.1) is 0 Å². The Morgan fingerprint density at radius 1 is 0.943 bits per heavy atom. The number of pyridine rings is 1. The zero-order chi connectivity index (χ0) is 24.1. The van der Waals surface area contributed by atoms with Crippen molar-refractivity contribution in [3.63, 3.8) is 0 Å². The van der Waals surface area contributed by atoms with E-state index in [0.29, 0.717) is 29.3 Å². The molecule has 8 heteroatoms. The van der Waals surface area contributed by atoms with Crippen molar-refractivity contribution in [1.82, 2.24) is 24.3 Å². The van der Waals surface area contributed by atoms with Crippen LogP contribution in [0.3, 0.4) is 0 Å². The minimum atomic E-state index is 0.424. The Hall–Kier alpha value is -3.59. The lowest BCUT2D eigenvalue weighted by atomic mass is 9.97. The maximum Gasteiger partial charge on any atom is 0.103 e. The molecule has 5 heterocycles. The van der Waals surface area contributed by atoms with Crippen LogP contribution in [0.25, 0.3) is 16.6 Å². The third-order valence-corrected chi connectivity index (χ3v) is 8.81. The molecule has 0 radical (unpaired) electrons. The highest BCUT2D eigenvalue weighted by Crippen LogP contribution is 2.42. The van der Waals surface area contributed by atoms with E-state index in [1.807, 2.05) is 36.7 Å². The SMILES string of the molecule is Cc1c(-c2cc(Sc3ccccc3C#N)c3c(C#N)cnn3c2)cnn1C1C[C@H]2CC[C@@H](C1)N2C. The predicted octanol–water partition coefficient (Wildman–Crippen LogP) is 5.20. The van der Waals surface area contributed by atoms with Crippen molar-refractivity contribution >= 4 is 17.3 Å². The first-order valence-corrected chi connectivity index (χ1v) is 12.7. The Balaban J connectivity index is 1.42. The number of nitrogens with zero attached hydrogens (tertiary/aromatic N) is 7. The van der Waals surface area contributed by atoms with Gasteiger partial charge in [0.1, 0.15) is 12.1 Å². The van der Waals surface area contributed by atoms with Gasteiger partial charge in [0, 0.05) is 44.9 Å². The van der Waals surface area contributed by atoms with Gasteiger partial charge in [0.15, 0.2) is 0 Å². The third kappa shape index (κ3) is 3.61. The minimum absolute atomic E-state index is 0.424. The van der Waals surface area contributed by atoms with Gasteiger partial charge in [-0.1, -0.05) is 23.9 Å². The van der Waals surface area contributed by atoms with Crippen molar-refractivity contribution in [3.8, 4) is 23.3 Å². The van der Waals surface area contributed by atoms with Gasteiger partial charge in [-0.25, -0.2) is 4.52 Å². The summed E-state index contributed by atoms with van der Waals surface area (Å²) < 4.78 is 4.00. The van der Waals surface area contributed by atoms with Crippen molar-refractivity contribution in [2.45, 2.75) is 60.5 Å². The molecular weight excluding hydrogens is 454 g/mol. The largest absolute Gasteiger partial charge is 0.300 e. The number of hydrogen-bond donors (Lipinski definition) is 0. The first kappa shape index (κ1) is 21.9. The van der Waals surface area contributed by atoms with Crippen LogP contribution in [0.1, 0.15) is 48.5 Å². The van der Waals surface area contributed by atoms with Gasteiger partial charge in [0.25, 0.3) is 0 Å². The molecule has 4 aromatic rings. The van der Waals surface area contributed by atoms with Crippen molar-refractivity contribution in [1.29, 1.82) is 10.5 Å². The standard InChI is InChI=1S/C27H25N7S/c1-17-24(15-31-34(17)23-10-21-7-8-22(11-23)32(21)2)19-9-26(27-20(13-29)14-30-33(27)16-19)35-25-6-4-3-5-18(25)12-28/h3-6,9,14-16,21-23H,7-8,10-11H2,1-2H3/t21-,22+,23?. The molecule has 0 aliphatic carbocycles. The molecule has 1 unspecified atom stereocenters. The number of aromatic nitrogens is 4. The average molecular weight is 480 g/mol. The van der Waals surface area contributed by atoms with E-state index in [1.165, 1.54) is 24.6 Å². The van der Waals surface area contributed by atoms with E-state index in [4.69, 9.17) is 5.10 Å². The first-order valence-electron chi connectivity index (χ1n) is 11.9. The fraction of sp³-hybridized carbons (Fsp3) is 0.333. The van der Waals surface area contributed by atoms with Gasteiger partial charge >= 0.3 is 0 Å². The topological polar surface area (TPSA) is 85.9 Å². The lowest BCUT2D eigenvalue weighted by Crippen LogP contribution is -2.40. The van der Waals surface area contributed by atoms with Crippen LogP contribution < -0.4 is 0 Å². The average Bonchev–Trinajstić information content (AvgIpc) is 3.51. The Bertz CT molecular complexity index is 1500. The molecular formula is C27H25N7S. The summed E-state index contributed by atoms with van der Waals surface area (Å²) >= 11 is 1.49. The molecule has 0 saturated carbocycles. The van der Waals surface area contributed by atoms with Gasteiger partial charge in [-0.2, -0.15) is 20.7 Å². The smallest absolute Gasteiger partial charge is 0.103 e. The molecule has 2 bridgehead atoms. The Morgan fingerprint density at radius 2 is 1.69 bits per heavy atom. The van der Waals surface area contributed by atoms with Crippen molar-refractivity contribution < 1.29 is 0 Å². The van der Waals surface area contributed by atoms with Gasteiger partial charge in [-0.05, 0) is 57.9 Å². The molecule has 0 amide bonds. The monoisotopic (exact) mass is 479 g/mol. The van der Waals surface area contributed by atoms with Gasteiger partial charge in [-0.3, -0.25) is 4.68 Å². The summed E-state index contributed by atoms with van der Waals surface area (Å²) in [5, 5.41) is 28.6. The highest BCUT2D eigenvalue weighted by Gasteiger charge is 2.39. The number of piperidine rings is 1. The molecule has 1 aromatic carbocycles. The molecule has 0 N–H and O–H groups in total. The summed E-state index contributed by atoms with van der Waals surface area (Å²) in [4.78, 5) is 4.30. The summed E-state index contributed by atoms with van der Waals surface area (Å²) in [6, 6.07) is 15.9. The van der Waals surface area contributed by atoms with Gasteiger partial charge in [0.2, 0.25) is 0 Å². The van der Waals surface area contributed by atoms with Crippen molar-refractivity contribution in [2.75, 3.05) is 7.05 Å². The number of nitriles is 2. The molecule has 2 aliphatic rings. The molecule has 2 saturated heterocycles. The van der Waals surface area contributed by atoms with Crippen molar-refractivity contribution in [2.24, 2.45) is 0 Å². The fourth-order valence-corrected chi connectivity index (χ4v) is 6.91. The number of hydrogen-bond acceptors (Lipinski definition) is 6. The van der Waals surface area contributed by atoms with Crippen LogP contribution in [0.2, 0.25) is 0 Å². The normalized spacial score (nSPS) is 21.8. The zero-order valence-electron chi connectivity index (χ0n) is 19.7. The molecule has 7 nitrogen and oxygen atoms in total. The molecule has 6 rings (SSSR count). The fourth-order valence-electron chi connectivity index (χ4n) is 5.82. The van der Waals surface area contributed by atoms with E-state index < -0.39 is 0 Å². The number of benzene rings is 1. The van der Waals surface area contributed by atoms with Crippen LogP contribution in [0.15, 0.2) is 58.7 Å². The molecule has 2 fully saturated rings. The summed E-state index contributed by atoms with van der Waals surface area (Å²) in [5.41, 5.74) is 5.11. The van der Waals surface area contributed by atoms with Crippen molar-refractivity contribution in [3.05, 3.63) is 65.7 Å². The number of fused-ring (bicyclic) bond motifs is 3. The maximum absolute atomic E-state index is 9.68. The summed E-state index contributed by atoms with van der Waals surface area (Å²) in [6.45, 7) is 2.15. The number of rotatable bonds is 4. The van der Waals surface area contributed by atoms with Crippen LogP contribution in [-0.4, -0.2) is 43.4 Å². The van der Waals surface area contributed by atoms with E-state index in [0.717, 1.165) is 45.0 Å². The minimum Gasteiger partial charge on any atom is -0.300 e. The molecule has 2 aliphatic heterocycles. The molecule has 174 valence electrons. The van der Waals surface area contributed by atoms with Crippen LogP contribution in [0, 0.1) is 29.6 Å². The summed E-state index contributed by atoms with van der Waals surface area (Å²) in [7, 11) is 2.26. The van der Waals surface area contributed by atoms with Crippen LogP contribution in [-0.2, 0) is 0 Å². The zero-order valence-corrected chi connectivity index (χ0v) is 20.5. The van der Waals surface area contributed by atoms with E-state index in [9.17, 15) is 10.5 Å². The highest BCUT2D eigenvalue weighted by atomic mass is 32.2. The molecule has 3 aromatic heterocycles. The molecule has 0 spiro atoms. The van der Waals surface area contributed by atoms with E-state index in [1.54, 1.807) is 10.7 Å². The van der Waals surface area contributed by atoms with E-state index in [-0.39, 0.29) is 0 Å². The maximum atomic E-state index is 9.68. The van der Waals surface area contributed by atoms with E-state index >= 15 is 0 Å². The molecule has 3 atom stereocenters.